The summed E-state index contributed by atoms with van der Waals surface area (Å²) in [6.07, 6.45) is 0.622. The van der Waals surface area contributed by atoms with E-state index in [0.717, 1.165) is 11.1 Å². The number of amides is 1. The summed E-state index contributed by atoms with van der Waals surface area (Å²) < 4.78 is 5.20. The Labute approximate surface area is 181 Å². The molecule has 6 heteroatoms. The van der Waals surface area contributed by atoms with Crippen molar-refractivity contribution in [1.29, 1.82) is 0 Å². The third-order valence-electron chi connectivity index (χ3n) is 4.66. The van der Waals surface area contributed by atoms with E-state index in [1.807, 2.05) is 60.7 Å². The van der Waals surface area contributed by atoms with E-state index in [-0.39, 0.29) is 22.7 Å². The molecule has 0 unspecified atom stereocenters. The van der Waals surface area contributed by atoms with Gasteiger partial charge in [-0.05, 0) is 43.0 Å². The number of carbonyl (C=O) groups excluding carboxylic acids is 2. The molecule has 0 aliphatic heterocycles. The van der Waals surface area contributed by atoms with Crippen LogP contribution in [-0.2, 0) is 16.0 Å². The van der Waals surface area contributed by atoms with Crippen LogP contribution in [0.3, 0.4) is 0 Å². The van der Waals surface area contributed by atoms with Gasteiger partial charge in [0.25, 0.3) is 5.91 Å². The maximum Gasteiger partial charge on any atom is 0.342 e. The number of nitrogens with zero attached hydrogens (tertiary/aromatic N) is 1. The van der Waals surface area contributed by atoms with Gasteiger partial charge in [-0.2, -0.15) is 0 Å². The molecule has 0 saturated heterocycles. The quantitative estimate of drug-likeness (QED) is 0.446. The summed E-state index contributed by atoms with van der Waals surface area (Å²) in [4.78, 5) is 29.0. The van der Waals surface area contributed by atoms with Crippen molar-refractivity contribution in [3.8, 4) is 0 Å². The number of rotatable bonds is 7. The van der Waals surface area contributed by atoms with Gasteiger partial charge in [0, 0.05) is 5.69 Å². The van der Waals surface area contributed by atoms with Crippen molar-refractivity contribution in [2.24, 2.45) is 0 Å². The smallest absolute Gasteiger partial charge is 0.342 e. The molecule has 1 heterocycles. The first kappa shape index (κ1) is 21.5. The molecule has 1 aromatic heterocycles. The monoisotopic (exact) mass is 422 g/mol. The highest BCUT2D eigenvalue weighted by atomic mass is 35.5. The van der Waals surface area contributed by atoms with Gasteiger partial charge >= 0.3 is 5.97 Å². The summed E-state index contributed by atoms with van der Waals surface area (Å²) in [5.74, 6) is -1.05. The van der Waals surface area contributed by atoms with Gasteiger partial charge in [-0.1, -0.05) is 72.3 Å². The van der Waals surface area contributed by atoms with E-state index in [1.54, 1.807) is 19.9 Å². The van der Waals surface area contributed by atoms with Gasteiger partial charge in [-0.25, -0.2) is 9.78 Å². The predicted octanol–water partition coefficient (Wildman–Crippen LogP) is 4.61. The molecule has 0 fully saturated rings. The van der Waals surface area contributed by atoms with E-state index in [4.69, 9.17) is 16.3 Å². The van der Waals surface area contributed by atoms with E-state index >= 15 is 0 Å². The Balaban J connectivity index is 1.67. The molecule has 0 saturated carbocycles. The number of pyridine rings is 1. The van der Waals surface area contributed by atoms with Crippen LogP contribution < -0.4 is 5.32 Å². The number of carbonyl (C=O) groups is 2. The Morgan fingerprint density at radius 3 is 2.30 bits per heavy atom. The van der Waals surface area contributed by atoms with Crippen LogP contribution in [0.15, 0.2) is 66.7 Å². The van der Waals surface area contributed by atoms with Gasteiger partial charge in [0.15, 0.2) is 6.61 Å². The lowest BCUT2D eigenvalue weighted by molar-refractivity contribution is -0.125. The number of ether oxygens (including phenoxy) is 1. The highest BCUT2D eigenvalue weighted by Crippen LogP contribution is 2.20. The number of aromatic nitrogens is 1. The van der Waals surface area contributed by atoms with Crippen molar-refractivity contribution < 1.29 is 14.3 Å². The van der Waals surface area contributed by atoms with Gasteiger partial charge < -0.3 is 10.1 Å². The Hall–Kier alpha value is -3.18. The lowest BCUT2D eigenvalue weighted by Gasteiger charge is -2.19. The largest absolute Gasteiger partial charge is 0.452 e. The van der Waals surface area contributed by atoms with E-state index in [9.17, 15) is 9.59 Å². The molecule has 2 aromatic carbocycles. The standard InChI is InChI=1S/C24H23ClN2O3/c1-16-13-17(2)26-23(25)22(16)24(29)30-15-21(28)27-20(19-11-7-4-8-12-19)14-18-9-5-3-6-10-18/h3-13,20H,14-15H2,1-2H3,(H,27,28)/t20-/m0/s1. The summed E-state index contributed by atoms with van der Waals surface area (Å²) in [6, 6.07) is 21.1. The van der Waals surface area contributed by atoms with Gasteiger partial charge in [0.1, 0.15) is 5.15 Å². The summed E-state index contributed by atoms with van der Waals surface area (Å²) >= 11 is 6.09. The fourth-order valence-electron chi connectivity index (χ4n) is 3.26. The molecule has 0 radical (unpaired) electrons. The molecule has 0 bridgehead atoms. The molecule has 0 spiro atoms. The molecule has 0 aliphatic carbocycles. The van der Waals surface area contributed by atoms with Crippen molar-refractivity contribution in [1.82, 2.24) is 10.3 Å². The van der Waals surface area contributed by atoms with Crippen LogP contribution in [0.25, 0.3) is 0 Å². The Morgan fingerprint density at radius 1 is 1.03 bits per heavy atom. The molecule has 3 rings (SSSR count). The Bertz CT molecular complexity index is 1000. The third-order valence-corrected chi connectivity index (χ3v) is 4.93. The average Bonchev–Trinajstić information content (AvgIpc) is 2.72. The molecule has 1 atom stereocenters. The first-order chi connectivity index (χ1) is 14.4. The summed E-state index contributed by atoms with van der Waals surface area (Å²) in [7, 11) is 0. The number of halogens is 1. The minimum atomic E-state index is -0.667. The molecule has 0 aliphatic rings. The number of esters is 1. The molecular weight excluding hydrogens is 400 g/mol. The van der Waals surface area contributed by atoms with Crippen molar-refractivity contribution in [2.45, 2.75) is 26.3 Å². The molecule has 154 valence electrons. The maximum atomic E-state index is 12.5. The summed E-state index contributed by atoms with van der Waals surface area (Å²) in [5, 5.41) is 3.04. The Kier molecular flexibility index (Phi) is 7.20. The fourth-order valence-corrected chi connectivity index (χ4v) is 3.62. The number of benzene rings is 2. The van der Waals surface area contributed by atoms with Crippen LogP contribution in [0, 0.1) is 13.8 Å². The lowest BCUT2D eigenvalue weighted by Crippen LogP contribution is -2.33. The number of aryl methyl sites for hydroxylation is 2. The van der Waals surface area contributed by atoms with Crippen LogP contribution >= 0.6 is 11.6 Å². The van der Waals surface area contributed by atoms with Gasteiger partial charge in [-0.15, -0.1) is 0 Å². The second-order valence-corrected chi connectivity index (χ2v) is 7.40. The van der Waals surface area contributed by atoms with Crippen LogP contribution in [0.5, 0.6) is 0 Å². The number of hydrogen-bond donors (Lipinski definition) is 1. The van der Waals surface area contributed by atoms with Crippen molar-refractivity contribution in [3.63, 3.8) is 0 Å². The first-order valence-electron chi connectivity index (χ1n) is 9.63. The summed E-state index contributed by atoms with van der Waals surface area (Å²) in [6.45, 7) is 3.14. The third kappa shape index (κ3) is 5.67. The highest BCUT2D eigenvalue weighted by Gasteiger charge is 2.20. The Morgan fingerprint density at radius 2 is 1.67 bits per heavy atom. The van der Waals surface area contributed by atoms with Crippen LogP contribution in [-0.4, -0.2) is 23.5 Å². The SMILES string of the molecule is Cc1cc(C)c(C(=O)OCC(=O)N[C@@H](Cc2ccccc2)c2ccccc2)c(Cl)n1. The fraction of sp³-hybridized carbons (Fsp3) is 0.208. The summed E-state index contributed by atoms with van der Waals surface area (Å²) in [5.41, 5.74) is 3.61. The van der Waals surface area contributed by atoms with E-state index in [2.05, 4.69) is 10.3 Å². The maximum absolute atomic E-state index is 12.5. The minimum absolute atomic E-state index is 0.0733. The second kappa shape index (κ2) is 10.0. The molecule has 5 nitrogen and oxygen atoms in total. The highest BCUT2D eigenvalue weighted by molar-refractivity contribution is 6.32. The van der Waals surface area contributed by atoms with Crippen molar-refractivity contribution >= 4 is 23.5 Å². The topological polar surface area (TPSA) is 68.3 Å². The van der Waals surface area contributed by atoms with Crippen LogP contribution in [0.2, 0.25) is 5.15 Å². The lowest BCUT2D eigenvalue weighted by atomic mass is 9.99. The van der Waals surface area contributed by atoms with E-state index < -0.39 is 12.6 Å². The number of hydrogen-bond acceptors (Lipinski definition) is 4. The second-order valence-electron chi connectivity index (χ2n) is 7.04. The molecule has 1 amide bonds. The number of nitrogens with one attached hydrogen (secondary N) is 1. The molecule has 1 N–H and O–H groups in total. The zero-order valence-corrected chi connectivity index (χ0v) is 17.6. The van der Waals surface area contributed by atoms with Gasteiger partial charge in [0.2, 0.25) is 0 Å². The zero-order chi connectivity index (χ0) is 21.5. The normalized spacial score (nSPS) is 11.6. The average molecular weight is 423 g/mol. The van der Waals surface area contributed by atoms with E-state index in [1.165, 1.54) is 0 Å². The first-order valence-corrected chi connectivity index (χ1v) is 10.0. The molecule has 30 heavy (non-hydrogen) atoms. The molecule has 3 aromatic rings. The van der Waals surface area contributed by atoms with Gasteiger partial charge in [-0.3, -0.25) is 4.79 Å². The van der Waals surface area contributed by atoms with E-state index in [0.29, 0.717) is 17.7 Å². The molecular formula is C24H23ClN2O3. The van der Waals surface area contributed by atoms with Crippen molar-refractivity contribution in [2.75, 3.05) is 6.61 Å². The zero-order valence-electron chi connectivity index (χ0n) is 16.9. The van der Waals surface area contributed by atoms with Gasteiger partial charge in [0.05, 0.1) is 11.6 Å². The van der Waals surface area contributed by atoms with Crippen LogP contribution in [0.1, 0.15) is 38.8 Å². The minimum Gasteiger partial charge on any atom is -0.452 e. The van der Waals surface area contributed by atoms with Crippen molar-refractivity contribution in [3.05, 3.63) is 99.8 Å². The van der Waals surface area contributed by atoms with Crippen LogP contribution in [0.4, 0.5) is 0 Å². The predicted molar refractivity (Wildman–Crippen MR) is 116 cm³/mol.